The van der Waals surface area contributed by atoms with E-state index in [4.69, 9.17) is 0 Å². The molecule has 3 nitrogen and oxygen atoms in total. The molecule has 0 bridgehead atoms. The summed E-state index contributed by atoms with van der Waals surface area (Å²) in [5.74, 6) is 0. The standard InChI is InChI=1S/C20H36N2O/c1-3-5-7-9-11-13-15-18-17-19(22-20(23)21-18)16-14-12-10-8-6-4-2/h17H,3-16H2,1-2H3,(H,21,22,23). The zero-order chi connectivity index (χ0) is 16.8. The highest BCUT2D eigenvalue weighted by Gasteiger charge is 2.04. The molecule has 1 heterocycles. The number of unbranched alkanes of at least 4 members (excludes halogenated alkanes) is 10. The first kappa shape index (κ1) is 19.9. The first-order valence-electron chi connectivity index (χ1n) is 9.82. The lowest BCUT2D eigenvalue weighted by atomic mass is 10.1. The van der Waals surface area contributed by atoms with Gasteiger partial charge in [0.1, 0.15) is 0 Å². The van der Waals surface area contributed by atoms with Crippen molar-refractivity contribution in [2.24, 2.45) is 0 Å². The van der Waals surface area contributed by atoms with E-state index in [1.54, 1.807) is 0 Å². The van der Waals surface area contributed by atoms with Crippen LogP contribution in [0.15, 0.2) is 6.07 Å². The summed E-state index contributed by atoms with van der Waals surface area (Å²) < 4.78 is 0. The van der Waals surface area contributed by atoms with Gasteiger partial charge in [0.15, 0.2) is 0 Å². The molecule has 0 fully saturated rings. The molecule has 0 saturated carbocycles. The van der Waals surface area contributed by atoms with Crippen molar-refractivity contribution < 1.29 is 5.11 Å². The molecule has 0 spiro atoms. The highest BCUT2D eigenvalue weighted by Crippen LogP contribution is 2.14. The number of nitrogens with zero attached hydrogens (tertiary/aromatic N) is 2. The second kappa shape index (κ2) is 13.3. The molecular formula is C20H36N2O. The summed E-state index contributed by atoms with van der Waals surface area (Å²) in [6.07, 6.45) is 17.4. The molecule has 1 aromatic rings. The Labute approximate surface area is 143 Å². The number of aryl methyl sites for hydroxylation is 2. The van der Waals surface area contributed by atoms with Crippen molar-refractivity contribution in [3.05, 3.63) is 17.5 Å². The third kappa shape index (κ3) is 10.3. The van der Waals surface area contributed by atoms with Crippen molar-refractivity contribution in [2.45, 2.75) is 104 Å². The van der Waals surface area contributed by atoms with Gasteiger partial charge in [0.2, 0.25) is 0 Å². The molecule has 0 aromatic carbocycles. The van der Waals surface area contributed by atoms with Crippen molar-refractivity contribution in [3.8, 4) is 6.01 Å². The van der Waals surface area contributed by atoms with Crippen LogP contribution in [0.4, 0.5) is 0 Å². The predicted octanol–water partition coefficient (Wildman–Crippen LogP) is 5.99. The minimum absolute atomic E-state index is 0.0468. The van der Waals surface area contributed by atoms with Crippen LogP contribution < -0.4 is 0 Å². The van der Waals surface area contributed by atoms with Gasteiger partial charge in [-0.25, -0.2) is 9.97 Å². The van der Waals surface area contributed by atoms with E-state index in [0.29, 0.717) is 0 Å². The highest BCUT2D eigenvalue weighted by atomic mass is 16.3. The van der Waals surface area contributed by atoms with Gasteiger partial charge in [0.05, 0.1) is 0 Å². The fourth-order valence-electron chi connectivity index (χ4n) is 2.97. The molecule has 3 heteroatoms. The molecule has 0 aliphatic rings. The molecule has 1 N–H and O–H groups in total. The Morgan fingerprint density at radius 1 is 0.652 bits per heavy atom. The van der Waals surface area contributed by atoms with Crippen LogP contribution in [0.3, 0.4) is 0 Å². The maximum atomic E-state index is 9.72. The second-order valence-electron chi connectivity index (χ2n) is 6.69. The molecular weight excluding hydrogens is 284 g/mol. The molecule has 0 amide bonds. The van der Waals surface area contributed by atoms with E-state index in [-0.39, 0.29) is 6.01 Å². The Hall–Kier alpha value is -1.12. The molecule has 0 atom stereocenters. The number of aromatic nitrogens is 2. The average molecular weight is 321 g/mol. The van der Waals surface area contributed by atoms with Crippen molar-refractivity contribution in [3.63, 3.8) is 0 Å². The lowest BCUT2D eigenvalue weighted by Gasteiger charge is -2.06. The third-order valence-electron chi connectivity index (χ3n) is 4.39. The topological polar surface area (TPSA) is 46.0 Å². The Morgan fingerprint density at radius 2 is 1.04 bits per heavy atom. The lowest BCUT2D eigenvalue weighted by Crippen LogP contribution is -1.98. The third-order valence-corrected chi connectivity index (χ3v) is 4.39. The van der Waals surface area contributed by atoms with Gasteiger partial charge >= 0.3 is 6.01 Å². The van der Waals surface area contributed by atoms with Gasteiger partial charge in [-0.05, 0) is 31.7 Å². The molecule has 0 aliphatic carbocycles. The van der Waals surface area contributed by atoms with Crippen LogP contribution in [0, 0.1) is 0 Å². The largest absolute Gasteiger partial charge is 0.479 e. The van der Waals surface area contributed by atoms with Gasteiger partial charge in [0, 0.05) is 11.4 Å². The van der Waals surface area contributed by atoms with Crippen LogP contribution in [0.1, 0.15) is 102 Å². The molecule has 0 saturated heterocycles. The SMILES string of the molecule is CCCCCCCCc1cc(CCCCCCCC)nc(O)n1. The first-order valence-corrected chi connectivity index (χ1v) is 9.82. The van der Waals surface area contributed by atoms with Crippen molar-refractivity contribution in [2.75, 3.05) is 0 Å². The van der Waals surface area contributed by atoms with Gasteiger partial charge < -0.3 is 5.11 Å². The van der Waals surface area contributed by atoms with Crippen LogP contribution >= 0.6 is 0 Å². The van der Waals surface area contributed by atoms with Crippen molar-refractivity contribution in [1.29, 1.82) is 0 Å². The lowest BCUT2D eigenvalue weighted by molar-refractivity contribution is 0.424. The number of rotatable bonds is 14. The molecule has 132 valence electrons. The molecule has 0 unspecified atom stereocenters. The molecule has 0 radical (unpaired) electrons. The molecule has 1 aromatic heterocycles. The summed E-state index contributed by atoms with van der Waals surface area (Å²) >= 11 is 0. The van der Waals surface area contributed by atoms with E-state index in [0.717, 1.165) is 37.1 Å². The average Bonchev–Trinajstić information content (AvgIpc) is 2.53. The Kier molecular flexibility index (Phi) is 11.5. The summed E-state index contributed by atoms with van der Waals surface area (Å²) in [7, 11) is 0. The van der Waals surface area contributed by atoms with Crippen LogP contribution in [0.25, 0.3) is 0 Å². The number of aromatic hydroxyl groups is 1. The monoisotopic (exact) mass is 320 g/mol. The zero-order valence-corrected chi connectivity index (χ0v) is 15.3. The fourth-order valence-corrected chi connectivity index (χ4v) is 2.97. The quantitative estimate of drug-likeness (QED) is 0.428. The van der Waals surface area contributed by atoms with Gasteiger partial charge in [0.25, 0.3) is 0 Å². The van der Waals surface area contributed by atoms with E-state index < -0.39 is 0 Å². The summed E-state index contributed by atoms with van der Waals surface area (Å²) in [6.45, 7) is 4.49. The number of hydrogen-bond donors (Lipinski definition) is 1. The van der Waals surface area contributed by atoms with Gasteiger partial charge in [-0.15, -0.1) is 0 Å². The van der Waals surface area contributed by atoms with E-state index in [9.17, 15) is 5.11 Å². The zero-order valence-electron chi connectivity index (χ0n) is 15.3. The van der Waals surface area contributed by atoms with E-state index in [1.807, 2.05) is 0 Å². The van der Waals surface area contributed by atoms with Crippen molar-refractivity contribution >= 4 is 0 Å². The summed E-state index contributed by atoms with van der Waals surface area (Å²) in [5, 5.41) is 9.72. The van der Waals surface area contributed by atoms with Crippen LogP contribution in [0.5, 0.6) is 6.01 Å². The Balaban J connectivity index is 2.25. The molecule has 23 heavy (non-hydrogen) atoms. The minimum atomic E-state index is -0.0468. The second-order valence-corrected chi connectivity index (χ2v) is 6.69. The van der Waals surface area contributed by atoms with E-state index in [1.165, 1.54) is 64.2 Å². The van der Waals surface area contributed by atoms with Crippen LogP contribution in [0.2, 0.25) is 0 Å². The smallest absolute Gasteiger partial charge is 0.314 e. The molecule has 1 rings (SSSR count). The first-order chi connectivity index (χ1) is 11.3. The Bertz CT molecular complexity index is 372. The Morgan fingerprint density at radius 3 is 1.48 bits per heavy atom. The van der Waals surface area contributed by atoms with Gasteiger partial charge in [-0.2, -0.15) is 0 Å². The maximum Gasteiger partial charge on any atom is 0.314 e. The van der Waals surface area contributed by atoms with Gasteiger partial charge in [-0.1, -0.05) is 78.1 Å². The number of hydrogen-bond acceptors (Lipinski definition) is 3. The molecule has 0 aliphatic heterocycles. The fraction of sp³-hybridized carbons (Fsp3) is 0.800. The highest BCUT2D eigenvalue weighted by molar-refractivity contribution is 5.13. The van der Waals surface area contributed by atoms with Gasteiger partial charge in [-0.3, -0.25) is 0 Å². The van der Waals surface area contributed by atoms with Crippen LogP contribution in [-0.2, 0) is 12.8 Å². The minimum Gasteiger partial charge on any atom is -0.479 e. The van der Waals surface area contributed by atoms with Crippen molar-refractivity contribution in [1.82, 2.24) is 9.97 Å². The summed E-state index contributed by atoms with van der Waals surface area (Å²) in [5.41, 5.74) is 2.02. The summed E-state index contributed by atoms with van der Waals surface area (Å²) in [4.78, 5) is 8.36. The van der Waals surface area contributed by atoms with E-state index in [2.05, 4.69) is 29.9 Å². The maximum absolute atomic E-state index is 9.72. The normalized spacial score (nSPS) is 11.0. The summed E-state index contributed by atoms with van der Waals surface area (Å²) in [6, 6.07) is 2.05. The van der Waals surface area contributed by atoms with Crippen LogP contribution in [-0.4, -0.2) is 15.1 Å². The van der Waals surface area contributed by atoms with E-state index >= 15 is 0 Å². The predicted molar refractivity (Wildman–Crippen MR) is 97.9 cm³/mol.